The van der Waals surface area contributed by atoms with E-state index in [-0.39, 0.29) is 0 Å². The lowest BCUT2D eigenvalue weighted by atomic mass is 9.98. The lowest BCUT2D eigenvalue weighted by molar-refractivity contribution is 0.124. The first-order valence-electron chi connectivity index (χ1n) is 8.00. The minimum absolute atomic E-state index is 0.623. The molecule has 2 rings (SSSR count). The average molecular weight is 274 g/mol. The third-order valence-corrected chi connectivity index (χ3v) is 4.54. The Morgan fingerprint density at radius 3 is 2.50 bits per heavy atom. The molecule has 0 bridgehead atoms. The van der Waals surface area contributed by atoms with Crippen LogP contribution in [0.1, 0.15) is 43.9 Å². The summed E-state index contributed by atoms with van der Waals surface area (Å²) >= 11 is 0. The van der Waals surface area contributed by atoms with Crippen LogP contribution in [-0.4, -0.2) is 30.1 Å². The van der Waals surface area contributed by atoms with Crippen LogP contribution in [0, 0.1) is 19.8 Å². The lowest BCUT2D eigenvalue weighted by Crippen LogP contribution is -2.55. The van der Waals surface area contributed by atoms with Gasteiger partial charge in [-0.05, 0) is 49.8 Å². The van der Waals surface area contributed by atoms with E-state index < -0.39 is 0 Å². The normalized spacial score (nSPS) is 24.3. The molecule has 112 valence electrons. The van der Waals surface area contributed by atoms with Crippen LogP contribution in [-0.2, 0) is 6.54 Å². The van der Waals surface area contributed by atoms with Gasteiger partial charge in [-0.3, -0.25) is 4.90 Å². The van der Waals surface area contributed by atoms with Gasteiger partial charge in [0.1, 0.15) is 0 Å². The van der Waals surface area contributed by atoms with Gasteiger partial charge >= 0.3 is 0 Å². The number of hydrogen-bond acceptors (Lipinski definition) is 2. The lowest BCUT2D eigenvalue weighted by Gasteiger charge is -2.40. The van der Waals surface area contributed by atoms with Gasteiger partial charge in [0.25, 0.3) is 0 Å². The Morgan fingerprint density at radius 1 is 1.25 bits per heavy atom. The number of aryl methyl sites for hydroxylation is 2. The van der Waals surface area contributed by atoms with Gasteiger partial charge in [0.05, 0.1) is 0 Å². The first kappa shape index (κ1) is 15.5. The van der Waals surface area contributed by atoms with Crippen LogP contribution >= 0.6 is 0 Å². The van der Waals surface area contributed by atoms with Crippen molar-refractivity contribution >= 4 is 0 Å². The highest BCUT2D eigenvalue weighted by Gasteiger charge is 2.25. The first-order chi connectivity index (χ1) is 9.47. The Kier molecular flexibility index (Phi) is 5.22. The molecule has 2 unspecified atom stereocenters. The van der Waals surface area contributed by atoms with Crippen LogP contribution < -0.4 is 5.32 Å². The molecular formula is C18H30N2. The molecule has 2 atom stereocenters. The molecule has 0 aromatic heterocycles. The highest BCUT2D eigenvalue weighted by molar-refractivity contribution is 5.33. The molecule has 1 N–H and O–H groups in total. The maximum atomic E-state index is 3.70. The van der Waals surface area contributed by atoms with Gasteiger partial charge in [-0.15, -0.1) is 0 Å². The molecule has 1 fully saturated rings. The Labute approximate surface area is 124 Å². The number of rotatable bonds is 4. The molecule has 0 saturated carbocycles. The van der Waals surface area contributed by atoms with Crippen molar-refractivity contribution < 1.29 is 0 Å². The van der Waals surface area contributed by atoms with Crippen LogP contribution in [0.2, 0.25) is 0 Å². The van der Waals surface area contributed by atoms with E-state index in [2.05, 4.69) is 63.0 Å². The fourth-order valence-electron chi connectivity index (χ4n) is 3.24. The van der Waals surface area contributed by atoms with Crippen LogP contribution in [0.4, 0.5) is 0 Å². The molecule has 1 heterocycles. The van der Waals surface area contributed by atoms with E-state index in [4.69, 9.17) is 0 Å². The molecule has 0 amide bonds. The number of hydrogen-bond donors (Lipinski definition) is 1. The minimum Gasteiger partial charge on any atom is -0.311 e. The van der Waals surface area contributed by atoms with E-state index >= 15 is 0 Å². The summed E-state index contributed by atoms with van der Waals surface area (Å²) in [6.07, 6.45) is 1.27. The Morgan fingerprint density at radius 2 is 1.90 bits per heavy atom. The summed E-state index contributed by atoms with van der Waals surface area (Å²) in [4.78, 5) is 2.65. The summed E-state index contributed by atoms with van der Waals surface area (Å²) in [5.41, 5.74) is 4.37. The number of nitrogens with one attached hydrogen (secondary N) is 1. The maximum absolute atomic E-state index is 3.70. The standard InChI is InChI=1S/C18H30N2/c1-13(2)9-17-11-20(16(5)10-19-17)12-18-14(3)7-6-8-15(18)4/h6-8,13,16-17,19H,9-12H2,1-5H3. The van der Waals surface area contributed by atoms with Crippen molar-refractivity contribution in [1.82, 2.24) is 10.2 Å². The van der Waals surface area contributed by atoms with Gasteiger partial charge in [-0.25, -0.2) is 0 Å². The van der Waals surface area contributed by atoms with Crippen molar-refractivity contribution in [2.24, 2.45) is 5.92 Å². The zero-order valence-electron chi connectivity index (χ0n) is 13.7. The van der Waals surface area contributed by atoms with Crippen molar-refractivity contribution in [2.75, 3.05) is 13.1 Å². The SMILES string of the molecule is Cc1cccc(C)c1CN1CC(CC(C)C)NCC1C. The molecule has 1 aliphatic heterocycles. The molecule has 1 aromatic rings. The molecule has 2 heteroatoms. The van der Waals surface area contributed by atoms with Crippen LogP contribution in [0.15, 0.2) is 18.2 Å². The second-order valence-corrected chi connectivity index (χ2v) is 6.88. The van der Waals surface area contributed by atoms with Crippen LogP contribution in [0.25, 0.3) is 0 Å². The monoisotopic (exact) mass is 274 g/mol. The molecule has 0 radical (unpaired) electrons. The van der Waals surface area contributed by atoms with E-state index in [1.807, 2.05) is 0 Å². The van der Waals surface area contributed by atoms with Gasteiger partial charge in [-0.2, -0.15) is 0 Å². The summed E-state index contributed by atoms with van der Waals surface area (Å²) in [5, 5.41) is 3.70. The highest BCUT2D eigenvalue weighted by atomic mass is 15.2. The van der Waals surface area contributed by atoms with Crippen molar-refractivity contribution in [3.05, 3.63) is 34.9 Å². The average Bonchev–Trinajstić information content (AvgIpc) is 2.37. The highest BCUT2D eigenvalue weighted by Crippen LogP contribution is 2.20. The van der Waals surface area contributed by atoms with Gasteiger partial charge < -0.3 is 5.32 Å². The quantitative estimate of drug-likeness (QED) is 0.904. The molecule has 20 heavy (non-hydrogen) atoms. The van der Waals surface area contributed by atoms with Crippen molar-refractivity contribution in [3.63, 3.8) is 0 Å². The molecule has 1 aromatic carbocycles. The molecule has 0 spiro atoms. The topological polar surface area (TPSA) is 15.3 Å². The first-order valence-corrected chi connectivity index (χ1v) is 8.00. The van der Waals surface area contributed by atoms with Crippen LogP contribution in [0.3, 0.4) is 0 Å². The number of piperazine rings is 1. The molecule has 2 nitrogen and oxygen atoms in total. The summed E-state index contributed by atoms with van der Waals surface area (Å²) < 4.78 is 0. The third-order valence-electron chi connectivity index (χ3n) is 4.54. The molecule has 1 saturated heterocycles. The Bertz CT molecular complexity index is 419. The van der Waals surface area contributed by atoms with Gasteiger partial charge in [0, 0.05) is 31.7 Å². The Balaban J connectivity index is 2.06. The largest absolute Gasteiger partial charge is 0.311 e. The molecule has 0 aliphatic carbocycles. The van der Waals surface area contributed by atoms with Gasteiger partial charge in [0.2, 0.25) is 0 Å². The third kappa shape index (κ3) is 3.83. The van der Waals surface area contributed by atoms with E-state index in [0.29, 0.717) is 12.1 Å². The predicted octanol–water partition coefficient (Wildman–Crippen LogP) is 3.51. The zero-order valence-corrected chi connectivity index (χ0v) is 13.7. The van der Waals surface area contributed by atoms with E-state index in [9.17, 15) is 0 Å². The van der Waals surface area contributed by atoms with Crippen molar-refractivity contribution in [3.8, 4) is 0 Å². The smallest absolute Gasteiger partial charge is 0.0243 e. The second-order valence-electron chi connectivity index (χ2n) is 6.88. The summed E-state index contributed by atoms with van der Waals surface area (Å²) in [6.45, 7) is 14.8. The zero-order chi connectivity index (χ0) is 14.7. The number of nitrogens with zero attached hydrogens (tertiary/aromatic N) is 1. The second kappa shape index (κ2) is 6.73. The molecular weight excluding hydrogens is 244 g/mol. The fraction of sp³-hybridized carbons (Fsp3) is 0.667. The summed E-state index contributed by atoms with van der Waals surface area (Å²) in [7, 11) is 0. The minimum atomic E-state index is 0.623. The predicted molar refractivity (Wildman–Crippen MR) is 87.0 cm³/mol. The van der Waals surface area contributed by atoms with Crippen LogP contribution in [0.5, 0.6) is 0 Å². The van der Waals surface area contributed by atoms with E-state index in [0.717, 1.165) is 19.0 Å². The molecule has 1 aliphatic rings. The maximum Gasteiger partial charge on any atom is 0.0243 e. The number of benzene rings is 1. The van der Waals surface area contributed by atoms with Gasteiger partial charge in [0.15, 0.2) is 0 Å². The summed E-state index contributed by atoms with van der Waals surface area (Å²) in [6, 6.07) is 7.91. The van der Waals surface area contributed by atoms with Gasteiger partial charge in [-0.1, -0.05) is 32.0 Å². The van der Waals surface area contributed by atoms with E-state index in [1.54, 1.807) is 0 Å². The van der Waals surface area contributed by atoms with Crippen molar-refractivity contribution in [2.45, 2.75) is 59.7 Å². The Hall–Kier alpha value is -0.860. The van der Waals surface area contributed by atoms with Crippen molar-refractivity contribution in [1.29, 1.82) is 0 Å². The summed E-state index contributed by atoms with van der Waals surface area (Å²) in [5.74, 6) is 0.767. The fourth-order valence-corrected chi connectivity index (χ4v) is 3.24. The van der Waals surface area contributed by atoms with E-state index in [1.165, 1.54) is 29.7 Å².